The molecule has 0 spiro atoms. The molecule has 0 amide bonds. The molecule has 0 aliphatic heterocycles. The van der Waals surface area contributed by atoms with Gasteiger partial charge in [0, 0.05) is 17.5 Å². The van der Waals surface area contributed by atoms with Crippen molar-refractivity contribution in [3.8, 4) is 0 Å². The molecule has 2 N–H and O–H groups in total. The van der Waals surface area contributed by atoms with E-state index in [4.69, 9.17) is 5.53 Å². The second-order valence-electron chi connectivity index (χ2n) is 5.79. The summed E-state index contributed by atoms with van der Waals surface area (Å²) in [6.07, 6.45) is 4.37. The van der Waals surface area contributed by atoms with Gasteiger partial charge in [-0.15, -0.1) is 0 Å². The minimum absolute atomic E-state index is 0.629. The summed E-state index contributed by atoms with van der Waals surface area (Å²) >= 11 is 0. The monoisotopic (exact) mass is 291 g/mol. The Morgan fingerprint density at radius 1 is 1.23 bits per heavy atom. The summed E-state index contributed by atoms with van der Waals surface area (Å²) in [6, 6.07) is 18.3. The van der Waals surface area contributed by atoms with Crippen LogP contribution in [0.25, 0.3) is 5.70 Å². The molecule has 0 unspecified atom stereocenters. The van der Waals surface area contributed by atoms with Crippen LogP contribution >= 0.6 is 0 Å². The minimum Gasteiger partial charge on any atom is -0.360 e. The first kappa shape index (κ1) is 14.5. The van der Waals surface area contributed by atoms with E-state index in [9.17, 15) is 0 Å². The lowest BCUT2D eigenvalue weighted by Gasteiger charge is -2.06. The standard InChI is InChI=1S/C19H21N3/c1-2-14-12-18(14)16-9-6-10-17(11-16)21-13-19(22-20)15-7-4-3-5-8-15/h3-11,13-14,18,20-21H,2,12H2,1H3/b19-13-,22-20?/t14-,18+/m0/s1. The SMILES string of the molecule is CC[C@H]1C[C@H]1c1cccc(N/C=C(\N=N)c2ccccc2)c1. The highest BCUT2D eigenvalue weighted by molar-refractivity contribution is 5.66. The van der Waals surface area contributed by atoms with Gasteiger partial charge in [0.25, 0.3) is 0 Å². The topological polar surface area (TPSA) is 48.2 Å². The molecule has 0 aromatic heterocycles. The quantitative estimate of drug-likeness (QED) is 0.664. The Bertz CT molecular complexity index is 676. The molecule has 3 heteroatoms. The van der Waals surface area contributed by atoms with Crippen molar-refractivity contribution < 1.29 is 0 Å². The smallest absolute Gasteiger partial charge is 0.108 e. The Labute approximate surface area is 131 Å². The first-order chi connectivity index (χ1) is 10.8. The molecule has 22 heavy (non-hydrogen) atoms. The summed E-state index contributed by atoms with van der Waals surface area (Å²) in [5, 5.41) is 6.89. The summed E-state index contributed by atoms with van der Waals surface area (Å²) in [7, 11) is 0. The molecule has 1 saturated carbocycles. The molecular weight excluding hydrogens is 270 g/mol. The van der Waals surface area contributed by atoms with Crippen LogP contribution in [0.5, 0.6) is 0 Å². The van der Waals surface area contributed by atoms with E-state index in [0.717, 1.165) is 23.1 Å². The van der Waals surface area contributed by atoms with Crippen molar-refractivity contribution in [3.63, 3.8) is 0 Å². The zero-order valence-corrected chi connectivity index (χ0v) is 12.8. The van der Waals surface area contributed by atoms with Gasteiger partial charge in [-0.05, 0) is 36.0 Å². The van der Waals surface area contributed by atoms with Gasteiger partial charge in [-0.25, -0.2) is 5.53 Å². The summed E-state index contributed by atoms with van der Waals surface area (Å²) in [4.78, 5) is 0. The third-order valence-electron chi connectivity index (χ3n) is 4.33. The molecule has 0 saturated heterocycles. The lowest BCUT2D eigenvalue weighted by Crippen LogP contribution is -1.92. The van der Waals surface area contributed by atoms with E-state index in [1.807, 2.05) is 30.3 Å². The van der Waals surface area contributed by atoms with Gasteiger partial charge in [0.05, 0.1) is 0 Å². The van der Waals surface area contributed by atoms with Crippen molar-refractivity contribution in [3.05, 3.63) is 71.9 Å². The van der Waals surface area contributed by atoms with Crippen LogP contribution in [0, 0.1) is 11.4 Å². The molecule has 2 atom stereocenters. The van der Waals surface area contributed by atoms with Crippen molar-refractivity contribution >= 4 is 11.4 Å². The summed E-state index contributed by atoms with van der Waals surface area (Å²) < 4.78 is 0. The number of hydrogen-bond acceptors (Lipinski definition) is 3. The Balaban J connectivity index is 1.74. The highest BCUT2D eigenvalue weighted by Gasteiger charge is 2.36. The van der Waals surface area contributed by atoms with Crippen molar-refractivity contribution in [1.29, 1.82) is 5.53 Å². The number of anilines is 1. The summed E-state index contributed by atoms with van der Waals surface area (Å²) in [5.41, 5.74) is 11.4. The second kappa shape index (κ2) is 6.56. The molecule has 1 aliphatic carbocycles. The van der Waals surface area contributed by atoms with Crippen LogP contribution in [0.3, 0.4) is 0 Å². The third kappa shape index (κ3) is 3.25. The number of benzene rings is 2. The number of nitrogens with one attached hydrogen (secondary N) is 2. The van der Waals surface area contributed by atoms with Gasteiger partial charge < -0.3 is 5.32 Å². The van der Waals surface area contributed by atoms with Gasteiger partial charge in [-0.3, -0.25) is 0 Å². The molecule has 2 aromatic rings. The molecule has 2 aromatic carbocycles. The fourth-order valence-corrected chi connectivity index (χ4v) is 2.91. The Kier molecular flexibility index (Phi) is 4.33. The second-order valence-corrected chi connectivity index (χ2v) is 5.79. The average molecular weight is 291 g/mol. The number of nitrogens with zero attached hydrogens (tertiary/aromatic N) is 1. The lowest BCUT2D eigenvalue weighted by atomic mass is 10.1. The predicted octanol–water partition coefficient (Wildman–Crippen LogP) is 5.64. The molecule has 1 aliphatic rings. The Hall–Kier alpha value is -2.42. The van der Waals surface area contributed by atoms with Crippen LogP contribution in [0.2, 0.25) is 0 Å². The molecule has 3 nitrogen and oxygen atoms in total. The van der Waals surface area contributed by atoms with Crippen LogP contribution in [0.15, 0.2) is 65.9 Å². The molecule has 3 rings (SSSR count). The van der Waals surface area contributed by atoms with E-state index in [1.54, 1.807) is 6.20 Å². The van der Waals surface area contributed by atoms with Crippen molar-refractivity contribution in [2.45, 2.75) is 25.7 Å². The Morgan fingerprint density at radius 3 is 2.73 bits per heavy atom. The molecular formula is C19H21N3. The number of rotatable bonds is 6. The van der Waals surface area contributed by atoms with Gasteiger partial charge in [-0.2, -0.15) is 5.11 Å². The average Bonchev–Trinajstić information content (AvgIpc) is 3.36. The van der Waals surface area contributed by atoms with E-state index in [2.05, 4.69) is 41.6 Å². The van der Waals surface area contributed by atoms with Gasteiger partial charge >= 0.3 is 0 Å². The van der Waals surface area contributed by atoms with Crippen LogP contribution in [-0.4, -0.2) is 0 Å². The van der Waals surface area contributed by atoms with E-state index in [-0.39, 0.29) is 0 Å². The van der Waals surface area contributed by atoms with Crippen LogP contribution < -0.4 is 5.32 Å². The fraction of sp³-hybridized carbons (Fsp3) is 0.263. The maximum atomic E-state index is 7.35. The van der Waals surface area contributed by atoms with Crippen LogP contribution in [0.1, 0.15) is 36.8 Å². The first-order valence-electron chi connectivity index (χ1n) is 7.81. The van der Waals surface area contributed by atoms with Crippen molar-refractivity contribution in [2.24, 2.45) is 11.0 Å². The number of hydrogen-bond donors (Lipinski definition) is 2. The van der Waals surface area contributed by atoms with Gasteiger partial charge in [0.2, 0.25) is 0 Å². The largest absolute Gasteiger partial charge is 0.360 e. The highest BCUT2D eigenvalue weighted by Crippen LogP contribution is 2.49. The summed E-state index contributed by atoms with van der Waals surface area (Å²) in [5.74, 6) is 1.58. The Morgan fingerprint density at radius 2 is 2.05 bits per heavy atom. The maximum Gasteiger partial charge on any atom is 0.108 e. The molecule has 1 fully saturated rings. The van der Waals surface area contributed by atoms with E-state index >= 15 is 0 Å². The first-order valence-corrected chi connectivity index (χ1v) is 7.81. The van der Waals surface area contributed by atoms with Crippen molar-refractivity contribution in [2.75, 3.05) is 5.32 Å². The predicted molar refractivity (Wildman–Crippen MR) is 90.8 cm³/mol. The van der Waals surface area contributed by atoms with Crippen LogP contribution in [0.4, 0.5) is 5.69 Å². The molecule has 112 valence electrons. The van der Waals surface area contributed by atoms with Gasteiger partial charge in [0.15, 0.2) is 0 Å². The maximum absolute atomic E-state index is 7.35. The third-order valence-corrected chi connectivity index (χ3v) is 4.33. The zero-order valence-electron chi connectivity index (χ0n) is 12.8. The van der Waals surface area contributed by atoms with E-state index in [1.165, 1.54) is 18.4 Å². The van der Waals surface area contributed by atoms with E-state index < -0.39 is 0 Å². The molecule has 0 radical (unpaired) electrons. The zero-order chi connectivity index (χ0) is 15.4. The lowest BCUT2D eigenvalue weighted by molar-refractivity contribution is 0.766. The molecule has 0 heterocycles. The normalized spacial score (nSPS) is 20.5. The van der Waals surface area contributed by atoms with E-state index in [0.29, 0.717) is 5.70 Å². The minimum atomic E-state index is 0.629. The fourth-order valence-electron chi connectivity index (χ4n) is 2.91. The van der Waals surface area contributed by atoms with Crippen LogP contribution in [-0.2, 0) is 0 Å². The van der Waals surface area contributed by atoms with Crippen molar-refractivity contribution in [1.82, 2.24) is 0 Å². The van der Waals surface area contributed by atoms with Gasteiger partial charge in [-0.1, -0.05) is 55.8 Å². The summed E-state index contributed by atoms with van der Waals surface area (Å²) in [6.45, 7) is 2.26. The highest BCUT2D eigenvalue weighted by atomic mass is 15.0. The van der Waals surface area contributed by atoms with Gasteiger partial charge in [0.1, 0.15) is 5.70 Å². The molecule has 0 bridgehead atoms.